The molecule has 0 radical (unpaired) electrons. The number of hydrogen-bond acceptors (Lipinski definition) is 4. The first-order chi connectivity index (χ1) is 14.6. The van der Waals surface area contributed by atoms with Crippen LogP contribution in [-0.2, 0) is 4.79 Å². The zero-order chi connectivity index (χ0) is 22.8. The lowest BCUT2D eigenvalue weighted by Crippen LogP contribution is -2.45. The molecule has 0 aliphatic carbocycles. The van der Waals surface area contributed by atoms with Crippen LogP contribution >= 0.6 is 31.9 Å². The van der Waals surface area contributed by atoms with E-state index in [-0.39, 0.29) is 18.1 Å². The van der Waals surface area contributed by atoms with Gasteiger partial charge >= 0.3 is 0 Å². The summed E-state index contributed by atoms with van der Waals surface area (Å²) in [5.74, 6) is 0.273. The first kappa shape index (κ1) is 23.5. The second-order valence-electron chi connectivity index (χ2n) is 8.11. The third-order valence-electron chi connectivity index (χ3n) is 5.33. The van der Waals surface area contributed by atoms with Crippen molar-refractivity contribution >= 4 is 55.2 Å². The van der Waals surface area contributed by atoms with E-state index in [1.54, 1.807) is 12.3 Å². The van der Waals surface area contributed by atoms with Gasteiger partial charge in [-0.05, 0) is 97.6 Å². The number of allylic oxidation sites excluding steroid dienone is 1. The third kappa shape index (κ3) is 5.39. The van der Waals surface area contributed by atoms with Gasteiger partial charge in [0.1, 0.15) is 5.75 Å². The van der Waals surface area contributed by atoms with Crippen LogP contribution in [0.3, 0.4) is 0 Å². The molecule has 0 fully saturated rings. The second-order valence-corrected chi connectivity index (χ2v) is 9.88. The van der Waals surface area contributed by atoms with Crippen LogP contribution < -0.4 is 15.1 Å². The average Bonchev–Trinajstić information content (AvgIpc) is 2.68. The molecule has 0 unspecified atom stereocenters. The molecule has 31 heavy (non-hydrogen) atoms. The number of fused-ring (bicyclic) bond motifs is 1. The molecule has 7 heteroatoms. The predicted molar refractivity (Wildman–Crippen MR) is 135 cm³/mol. The number of hydrazone groups is 1. The van der Waals surface area contributed by atoms with Crippen molar-refractivity contribution in [1.82, 2.24) is 5.43 Å². The number of nitrogens with zero attached hydrogens (tertiary/aromatic N) is 2. The van der Waals surface area contributed by atoms with E-state index in [0.717, 1.165) is 26.6 Å². The summed E-state index contributed by atoms with van der Waals surface area (Å²) < 4.78 is 7.25. The van der Waals surface area contributed by atoms with Crippen LogP contribution in [0.5, 0.6) is 5.75 Å². The molecule has 1 heterocycles. The van der Waals surface area contributed by atoms with Crippen molar-refractivity contribution in [2.45, 2.75) is 40.2 Å². The smallest absolute Gasteiger partial charge is 0.277 e. The van der Waals surface area contributed by atoms with Gasteiger partial charge in [0.15, 0.2) is 6.61 Å². The maximum absolute atomic E-state index is 12.1. The first-order valence-electron chi connectivity index (χ1n) is 10.1. The summed E-state index contributed by atoms with van der Waals surface area (Å²) in [4.78, 5) is 14.5. The van der Waals surface area contributed by atoms with Gasteiger partial charge in [0.05, 0.1) is 16.2 Å². The van der Waals surface area contributed by atoms with Gasteiger partial charge < -0.3 is 9.64 Å². The fourth-order valence-corrected chi connectivity index (χ4v) is 5.06. The molecule has 3 rings (SSSR count). The number of likely N-dealkylation sites (N-methyl/N-ethyl adjacent to an activating group) is 1. The lowest BCUT2D eigenvalue weighted by molar-refractivity contribution is -0.123. The summed E-state index contributed by atoms with van der Waals surface area (Å²) in [6.45, 7) is 11.7. The molecular formula is C24H27Br2N3O2. The van der Waals surface area contributed by atoms with Crippen LogP contribution in [0.15, 0.2) is 50.5 Å². The highest BCUT2D eigenvalue weighted by Gasteiger charge is 2.30. The van der Waals surface area contributed by atoms with E-state index in [4.69, 9.17) is 4.74 Å². The number of rotatable bonds is 6. The molecule has 0 spiro atoms. The Balaban J connectivity index is 1.69. The summed E-state index contributed by atoms with van der Waals surface area (Å²) in [6.07, 6.45) is 3.99. The Bertz CT molecular complexity index is 1060. The van der Waals surface area contributed by atoms with E-state index in [2.05, 4.69) is 100 Å². The Hall–Kier alpha value is -2.12. The number of hydrogen-bond donors (Lipinski definition) is 1. The van der Waals surface area contributed by atoms with E-state index >= 15 is 0 Å². The zero-order valence-electron chi connectivity index (χ0n) is 18.4. The van der Waals surface area contributed by atoms with Crippen LogP contribution in [0.25, 0.3) is 5.57 Å². The number of anilines is 1. The van der Waals surface area contributed by atoms with Crippen molar-refractivity contribution < 1.29 is 9.53 Å². The minimum absolute atomic E-state index is 0.0221. The van der Waals surface area contributed by atoms with Gasteiger partial charge in [-0.2, -0.15) is 5.10 Å². The van der Waals surface area contributed by atoms with Crippen LogP contribution in [0.1, 0.15) is 44.4 Å². The average molecular weight is 549 g/mol. The number of ether oxygens (including phenoxy) is 1. The van der Waals surface area contributed by atoms with Gasteiger partial charge in [0.2, 0.25) is 0 Å². The molecule has 164 valence electrons. The highest BCUT2D eigenvalue weighted by molar-refractivity contribution is 9.11. The monoisotopic (exact) mass is 547 g/mol. The Labute approximate surface area is 200 Å². The number of nitrogens with one attached hydrogen (secondary N) is 1. The molecule has 2 aromatic rings. The Morgan fingerprint density at radius 1 is 1.23 bits per heavy atom. The van der Waals surface area contributed by atoms with Crippen molar-refractivity contribution in [3.63, 3.8) is 0 Å². The number of amides is 1. The maximum Gasteiger partial charge on any atom is 0.277 e. The molecule has 0 saturated carbocycles. The summed E-state index contributed by atoms with van der Waals surface area (Å²) >= 11 is 6.80. The van der Waals surface area contributed by atoms with Crippen molar-refractivity contribution in [3.8, 4) is 5.75 Å². The van der Waals surface area contributed by atoms with Crippen LogP contribution in [0, 0.1) is 6.92 Å². The minimum Gasteiger partial charge on any atom is -0.483 e. The third-order valence-corrected chi connectivity index (χ3v) is 6.44. The largest absolute Gasteiger partial charge is 0.483 e. The Morgan fingerprint density at radius 2 is 1.97 bits per heavy atom. The highest BCUT2D eigenvalue weighted by atomic mass is 79.9. The lowest BCUT2D eigenvalue weighted by atomic mass is 9.87. The number of carbonyl (C=O) groups is 1. The number of aryl methyl sites for hydroxylation is 1. The van der Waals surface area contributed by atoms with Crippen molar-refractivity contribution in [2.24, 2.45) is 5.10 Å². The van der Waals surface area contributed by atoms with E-state index < -0.39 is 0 Å². The fourth-order valence-electron chi connectivity index (χ4n) is 3.90. The molecule has 2 aromatic carbocycles. The van der Waals surface area contributed by atoms with Crippen molar-refractivity contribution in [1.29, 1.82) is 0 Å². The molecular weight excluding hydrogens is 522 g/mol. The van der Waals surface area contributed by atoms with E-state index in [0.29, 0.717) is 5.75 Å². The Kier molecular flexibility index (Phi) is 7.27. The van der Waals surface area contributed by atoms with Crippen LogP contribution in [0.4, 0.5) is 5.69 Å². The van der Waals surface area contributed by atoms with Gasteiger partial charge in [0.25, 0.3) is 5.91 Å². The number of carbonyl (C=O) groups excluding carboxylic acids is 1. The molecule has 0 bridgehead atoms. The quantitative estimate of drug-likeness (QED) is 0.352. The minimum atomic E-state index is -0.323. The molecule has 1 amide bonds. The first-order valence-corrected chi connectivity index (χ1v) is 11.7. The maximum atomic E-state index is 12.1. The lowest BCUT2D eigenvalue weighted by Gasteiger charge is -2.43. The second kappa shape index (κ2) is 9.57. The van der Waals surface area contributed by atoms with E-state index in [9.17, 15) is 4.79 Å². The molecule has 0 aromatic heterocycles. The number of halogens is 2. The van der Waals surface area contributed by atoms with Gasteiger partial charge in [-0.1, -0.05) is 22.0 Å². The molecule has 0 saturated heterocycles. The summed E-state index contributed by atoms with van der Waals surface area (Å²) in [7, 11) is 0. The highest BCUT2D eigenvalue weighted by Crippen LogP contribution is 2.39. The van der Waals surface area contributed by atoms with Gasteiger partial charge in [0, 0.05) is 22.3 Å². The zero-order valence-corrected chi connectivity index (χ0v) is 21.6. The standard InChI is InChI=1S/C24H27Br2N3O2/c1-6-29-21-9-15(2)17(10-19(21)16(3)12-24(29,4)5)13-27-28-23(30)14-31-22-8-7-18(25)11-20(22)26/h7-13H,6,14H2,1-5H3,(H,28,30)/b27-13+. The predicted octanol–water partition coefficient (Wildman–Crippen LogP) is 6.07. The normalized spacial score (nSPS) is 14.9. The Morgan fingerprint density at radius 3 is 2.65 bits per heavy atom. The van der Waals surface area contributed by atoms with Gasteiger partial charge in [-0.3, -0.25) is 4.79 Å². The van der Waals surface area contributed by atoms with E-state index in [1.807, 2.05) is 12.1 Å². The summed E-state index contributed by atoms with van der Waals surface area (Å²) in [6, 6.07) is 9.85. The molecule has 1 aliphatic rings. The van der Waals surface area contributed by atoms with E-state index in [1.165, 1.54) is 16.8 Å². The molecule has 5 nitrogen and oxygen atoms in total. The van der Waals surface area contributed by atoms with Crippen molar-refractivity contribution in [3.05, 3.63) is 62.0 Å². The number of benzene rings is 2. The molecule has 1 aliphatic heterocycles. The fraction of sp³-hybridized carbons (Fsp3) is 0.333. The van der Waals surface area contributed by atoms with Crippen LogP contribution in [-0.4, -0.2) is 30.8 Å². The van der Waals surface area contributed by atoms with Gasteiger partial charge in [-0.15, -0.1) is 0 Å². The SMILES string of the molecule is CCN1c2cc(C)c(/C=N/NC(=O)COc3ccc(Br)cc3Br)cc2C(C)=CC1(C)C. The summed E-state index contributed by atoms with van der Waals surface area (Å²) in [5, 5.41) is 4.14. The van der Waals surface area contributed by atoms with Crippen LogP contribution in [0.2, 0.25) is 0 Å². The summed E-state index contributed by atoms with van der Waals surface area (Å²) in [5.41, 5.74) is 8.28. The molecule has 0 atom stereocenters. The molecule has 1 N–H and O–H groups in total. The van der Waals surface area contributed by atoms with Crippen molar-refractivity contribution in [2.75, 3.05) is 18.1 Å². The van der Waals surface area contributed by atoms with Gasteiger partial charge in [-0.25, -0.2) is 5.43 Å². The topological polar surface area (TPSA) is 53.9 Å².